The number of hydrogen-bond donors (Lipinski definition) is 1. The Morgan fingerprint density at radius 2 is 2.36 bits per heavy atom. The lowest BCUT2D eigenvalue weighted by Gasteiger charge is -2.31. The Hall–Kier alpha value is -2.01. The maximum Gasteiger partial charge on any atom is 0.317 e. The molecule has 1 atom stereocenters. The molecule has 1 unspecified atom stereocenters. The number of ether oxygens (including phenoxy) is 2. The van der Waals surface area contributed by atoms with E-state index in [1.807, 2.05) is 23.1 Å². The summed E-state index contributed by atoms with van der Waals surface area (Å²) in [5, 5.41) is 8.91. The van der Waals surface area contributed by atoms with Crippen LogP contribution in [0.1, 0.15) is 25.3 Å². The van der Waals surface area contributed by atoms with Crippen molar-refractivity contribution < 1.29 is 19.4 Å². The van der Waals surface area contributed by atoms with Crippen LogP contribution in [0.15, 0.2) is 24.3 Å². The van der Waals surface area contributed by atoms with Gasteiger partial charge in [0, 0.05) is 25.1 Å². The van der Waals surface area contributed by atoms with Gasteiger partial charge < -0.3 is 14.6 Å². The number of carboxylic acid groups (broad SMARTS) is 1. The van der Waals surface area contributed by atoms with Crippen LogP contribution in [0.5, 0.6) is 11.5 Å². The van der Waals surface area contributed by atoms with Gasteiger partial charge in [-0.25, -0.2) is 0 Å². The summed E-state index contributed by atoms with van der Waals surface area (Å²) in [4.78, 5) is 12.7. The number of likely N-dealkylation sites (tertiary alicyclic amines) is 1. The molecule has 118 valence electrons. The monoisotopic (exact) mass is 303 g/mol. The predicted molar refractivity (Wildman–Crippen MR) is 83.3 cm³/mol. The Bertz CT molecular complexity index is 598. The van der Waals surface area contributed by atoms with Crippen molar-refractivity contribution in [1.29, 1.82) is 0 Å². The van der Waals surface area contributed by atoms with Crippen LogP contribution in [0, 0.1) is 0 Å². The van der Waals surface area contributed by atoms with Gasteiger partial charge in [-0.05, 0) is 30.7 Å². The molecule has 0 radical (unpaired) electrons. The van der Waals surface area contributed by atoms with Crippen molar-refractivity contribution in [3.63, 3.8) is 0 Å². The summed E-state index contributed by atoms with van der Waals surface area (Å²) in [6, 6.07) is 5.84. The summed E-state index contributed by atoms with van der Waals surface area (Å²) >= 11 is 0. The van der Waals surface area contributed by atoms with E-state index in [1.54, 1.807) is 0 Å². The Kier molecular flexibility index (Phi) is 4.07. The smallest absolute Gasteiger partial charge is 0.317 e. The lowest BCUT2D eigenvalue weighted by Crippen LogP contribution is -2.39. The zero-order valence-electron chi connectivity index (χ0n) is 12.7. The molecule has 22 heavy (non-hydrogen) atoms. The second-order valence-electron chi connectivity index (χ2n) is 5.90. The van der Waals surface area contributed by atoms with Gasteiger partial charge in [-0.3, -0.25) is 9.69 Å². The minimum atomic E-state index is -0.796. The van der Waals surface area contributed by atoms with Crippen molar-refractivity contribution in [2.24, 2.45) is 0 Å². The summed E-state index contributed by atoms with van der Waals surface area (Å²) in [6.07, 6.45) is 5.90. The third kappa shape index (κ3) is 3.09. The molecule has 2 heterocycles. The third-order valence-electron chi connectivity index (χ3n) is 4.04. The van der Waals surface area contributed by atoms with E-state index in [2.05, 4.69) is 19.1 Å². The third-order valence-corrected chi connectivity index (χ3v) is 4.04. The quantitative estimate of drug-likeness (QED) is 0.905. The molecule has 0 bridgehead atoms. The molecule has 1 spiro atoms. The summed E-state index contributed by atoms with van der Waals surface area (Å²) in [5.41, 5.74) is 0.616. The molecular weight excluding hydrogens is 282 g/mol. The summed E-state index contributed by atoms with van der Waals surface area (Å²) in [6.45, 7) is 4.20. The molecule has 3 rings (SSSR count). The van der Waals surface area contributed by atoms with Gasteiger partial charge in [-0.15, -0.1) is 0 Å². The maximum absolute atomic E-state index is 10.8. The van der Waals surface area contributed by atoms with Crippen molar-refractivity contribution in [2.75, 3.05) is 26.2 Å². The van der Waals surface area contributed by atoms with E-state index in [4.69, 9.17) is 14.6 Å². The molecule has 0 aromatic heterocycles. The minimum absolute atomic E-state index is 0.0651. The normalized spacial score (nSPS) is 23.3. The number of hydrogen-bond acceptors (Lipinski definition) is 4. The van der Waals surface area contributed by atoms with Gasteiger partial charge in [-0.2, -0.15) is 0 Å². The highest BCUT2D eigenvalue weighted by Crippen LogP contribution is 2.37. The number of carbonyl (C=O) groups is 1. The minimum Gasteiger partial charge on any atom is -0.494 e. The van der Waals surface area contributed by atoms with Crippen LogP contribution in [0.2, 0.25) is 0 Å². The van der Waals surface area contributed by atoms with Crippen LogP contribution in [-0.2, 0) is 4.79 Å². The van der Waals surface area contributed by atoms with Gasteiger partial charge in [0.15, 0.2) is 0 Å². The van der Waals surface area contributed by atoms with Crippen molar-refractivity contribution in [3.05, 3.63) is 29.8 Å². The topological polar surface area (TPSA) is 59.0 Å². The average Bonchev–Trinajstić information content (AvgIpc) is 2.86. The standard InChI is InChI=1S/C17H21NO4/c1-2-9-21-14-3-4-15-13(10-14)5-6-17(22-15)7-8-18(12-17)11-16(19)20/h3-6,10H,2,7-9,11-12H2,1H3,(H,19,20). The fourth-order valence-electron chi connectivity index (χ4n) is 2.98. The predicted octanol–water partition coefficient (Wildman–Crippen LogP) is 2.41. The van der Waals surface area contributed by atoms with Crippen molar-refractivity contribution in [3.8, 4) is 11.5 Å². The second-order valence-corrected chi connectivity index (χ2v) is 5.90. The number of carboxylic acids is 1. The number of rotatable bonds is 5. The number of nitrogens with zero attached hydrogens (tertiary/aromatic N) is 1. The molecular formula is C17H21NO4. The molecule has 5 heteroatoms. The molecule has 1 fully saturated rings. The Balaban J connectivity index is 1.72. The highest BCUT2D eigenvalue weighted by atomic mass is 16.5. The van der Waals surface area contributed by atoms with E-state index in [9.17, 15) is 4.79 Å². The van der Waals surface area contributed by atoms with Crippen LogP contribution < -0.4 is 9.47 Å². The highest BCUT2D eigenvalue weighted by molar-refractivity contribution is 5.69. The molecule has 1 N–H and O–H groups in total. The Morgan fingerprint density at radius 3 is 3.14 bits per heavy atom. The van der Waals surface area contributed by atoms with Crippen LogP contribution in [0.25, 0.3) is 6.08 Å². The first-order chi connectivity index (χ1) is 10.6. The van der Waals surface area contributed by atoms with E-state index in [0.717, 1.165) is 36.4 Å². The summed E-state index contributed by atoms with van der Waals surface area (Å²) in [7, 11) is 0. The number of aliphatic carboxylic acids is 1. The van der Waals surface area contributed by atoms with E-state index in [1.165, 1.54) is 0 Å². The Morgan fingerprint density at radius 1 is 1.50 bits per heavy atom. The van der Waals surface area contributed by atoms with Gasteiger partial charge >= 0.3 is 5.97 Å². The highest BCUT2D eigenvalue weighted by Gasteiger charge is 2.40. The fourth-order valence-corrected chi connectivity index (χ4v) is 2.98. The molecule has 5 nitrogen and oxygen atoms in total. The van der Waals surface area contributed by atoms with Gasteiger partial charge in [0.1, 0.15) is 17.1 Å². The Labute approximate surface area is 130 Å². The summed E-state index contributed by atoms with van der Waals surface area (Å²) in [5.74, 6) is 0.891. The first-order valence-electron chi connectivity index (χ1n) is 7.69. The lowest BCUT2D eigenvalue weighted by atomic mass is 9.97. The number of benzene rings is 1. The van der Waals surface area contributed by atoms with E-state index < -0.39 is 11.6 Å². The van der Waals surface area contributed by atoms with Gasteiger partial charge in [-0.1, -0.05) is 13.0 Å². The van der Waals surface area contributed by atoms with E-state index >= 15 is 0 Å². The first kappa shape index (κ1) is 14.9. The number of fused-ring (bicyclic) bond motifs is 1. The van der Waals surface area contributed by atoms with Crippen LogP contribution in [0.3, 0.4) is 0 Å². The van der Waals surface area contributed by atoms with E-state index in [0.29, 0.717) is 13.2 Å². The lowest BCUT2D eigenvalue weighted by molar-refractivity contribution is -0.138. The molecule has 1 aromatic rings. The van der Waals surface area contributed by atoms with Crippen molar-refractivity contribution in [2.45, 2.75) is 25.4 Å². The van der Waals surface area contributed by atoms with Gasteiger partial charge in [0.2, 0.25) is 0 Å². The average molecular weight is 303 g/mol. The van der Waals surface area contributed by atoms with Crippen molar-refractivity contribution >= 4 is 12.0 Å². The van der Waals surface area contributed by atoms with Gasteiger partial charge in [0.05, 0.1) is 13.2 Å². The summed E-state index contributed by atoms with van der Waals surface area (Å²) < 4.78 is 11.8. The molecule has 0 amide bonds. The van der Waals surface area contributed by atoms with Gasteiger partial charge in [0.25, 0.3) is 0 Å². The van der Waals surface area contributed by atoms with Crippen LogP contribution >= 0.6 is 0 Å². The molecule has 0 saturated carbocycles. The fraction of sp³-hybridized carbons (Fsp3) is 0.471. The molecule has 2 aliphatic rings. The van der Waals surface area contributed by atoms with Crippen LogP contribution in [0.4, 0.5) is 0 Å². The first-order valence-corrected chi connectivity index (χ1v) is 7.69. The molecule has 0 aliphatic carbocycles. The largest absolute Gasteiger partial charge is 0.494 e. The molecule has 2 aliphatic heterocycles. The second kappa shape index (κ2) is 6.01. The zero-order chi connectivity index (χ0) is 15.6. The SMILES string of the molecule is CCCOc1ccc2c(c1)C=CC1(CCN(CC(=O)O)C1)O2. The maximum atomic E-state index is 10.8. The van der Waals surface area contributed by atoms with Crippen LogP contribution in [-0.4, -0.2) is 47.8 Å². The van der Waals surface area contributed by atoms with E-state index in [-0.39, 0.29) is 6.54 Å². The molecule has 1 saturated heterocycles. The van der Waals surface area contributed by atoms with Crippen molar-refractivity contribution in [1.82, 2.24) is 4.90 Å². The zero-order valence-corrected chi connectivity index (χ0v) is 12.7. The molecule has 1 aromatic carbocycles.